The maximum atomic E-state index is 12.7. The van der Waals surface area contributed by atoms with Crippen molar-refractivity contribution in [2.24, 2.45) is 0 Å². The standard InChI is InChI=1S/C30H24OSi/c1-2-24-32(27-17-8-4-9-18-27,28-19-10-5-11-20-28)30-21-13-12-16-26(30)22-23-29(31)25-14-6-3-7-15-25/h2-21H,1,24H2. The third-order valence-corrected chi connectivity index (χ3v) is 10.6. The topological polar surface area (TPSA) is 17.1 Å². The van der Waals surface area contributed by atoms with Gasteiger partial charge in [-0.25, -0.2) is 0 Å². The molecule has 4 rings (SSSR count). The van der Waals surface area contributed by atoms with Gasteiger partial charge in [0, 0.05) is 11.1 Å². The zero-order valence-electron chi connectivity index (χ0n) is 17.9. The van der Waals surface area contributed by atoms with Crippen LogP contribution in [0.2, 0.25) is 6.04 Å². The molecule has 4 aromatic carbocycles. The predicted molar refractivity (Wildman–Crippen MR) is 137 cm³/mol. The van der Waals surface area contributed by atoms with E-state index < -0.39 is 8.07 Å². The number of carbonyl (C=O) groups excluding carboxylic acids is 1. The maximum Gasteiger partial charge on any atom is 0.236 e. The highest BCUT2D eigenvalue weighted by Gasteiger charge is 2.39. The fourth-order valence-corrected chi connectivity index (χ4v) is 8.82. The molecule has 0 saturated carbocycles. The quantitative estimate of drug-likeness (QED) is 0.144. The lowest BCUT2D eigenvalue weighted by atomic mass is 10.1. The van der Waals surface area contributed by atoms with E-state index in [1.165, 1.54) is 15.6 Å². The van der Waals surface area contributed by atoms with Crippen molar-refractivity contribution in [3.63, 3.8) is 0 Å². The average molecular weight is 429 g/mol. The van der Waals surface area contributed by atoms with Crippen LogP contribution in [0, 0.1) is 11.8 Å². The van der Waals surface area contributed by atoms with Crippen LogP contribution in [0.3, 0.4) is 0 Å². The molecule has 2 heteroatoms. The fraction of sp³-hybridized carbons (Fsp3) is 0.0333. The van der Waals surface area contributed by atoms with Crippen LogP contribution in [0.15, 0.2) is 128 Å². The van der Waals surface area contributed by atoms with Crippen molar-refractivity contribution in [1.29, 1.82) is 0 Å². The zero-order valence-corrected chi connectivity index (χ0v) is 18.9. The molecular formula is C30H24OSi. The first-order chi connectivity index (χ1) is 15.8. The molecule has 0 atom stereocenters. The van der Waals surface area contributed by atoms with Gasteiger partial charge in [-0.2, -0.15) is 0 Å². The molecule has 0 unspecified atom stereocenters. The van der Waals surface area contributed by atoms with Gasteiger partial charge in [0.15, 0.2) is 8.07 Å². The molecule has 0 amide bonds. The lowest BCUT2D eigenvalue weighted by Gasteiger charge is -2.33. The van der Waals surface area contributed by atoms with Crippen LogP contribution in [0.4, 0.5) is 0 Å². The molecule has 0 saturated heterocycles. The van der Waals surface area contributed by atoms with Crippen molar-refractivity contribution in [2.75, 3.05) is 0 Å². The van der Waals surface area contributed by atoms with Gasteiger partial charge in [0.25, 0.3) is 0 Å². The number of hydrogen-bond donors (Lipinski definition) is 0. The first-order valence-electron chi connectivity index (χ1n) is 10.7. The van der Waals surface area contributed by atoms with Gasteiger partial charge in [0.05, 0.1) is 0 Å². The smallest absolute Gasteiger partial charge is 0.236 e. The van der Waals surface area contributed by atoms with Crippen LogP contribution in [0.5, 0.6) is 0 Å². The van der Waals surface area contributed by atoms with E-state index in [0.29, 0.717) is 5.56 Å². The number of rotatable bonds is 6. The van der Waals surface area contributed by atoms with Gasteiger partial charge in [-0.1, -0.05) is 121 Å². The van der Waals surface area contributed by atoms with Gasteiger partial charge < -0.3 is 0 Å². The summed E-state index contributed by atoms with van der Waals surface area (Å²) in [5.74, 6) is 5.93. The number of Topliss-reactive ketones (excluding diaryl/α,β-unsaturated/α-hetero) is 1. The van der Waals surface area contributed by atoms with Crippen LogP contribution in [0.1, 0.15) is 15.9 Å². The SMILES string of the molecule is C=CC[Si](c1ccccc1)(c1ccccc1)c1ccccc1C#CC(=O)c1ccccc1. The Kier molecular flexibility index (Phi) is 6.60. The summed E-state index contributed by atoms with van der Waals surface area (Å²) >= 11 is 0. The Bertz CT molecular complexity index is 1230. The van der Waals surface area contributed by atoms with Crippen LogP contribution in [-0.2, 0) is 0 Å². The van der Waals surface area contributed by atoms with Crippen LogP contribution >= 0.6 is 0 Å². The van der Waals surface area contributed by atoms with Gasteiger partial charge in [-0.15, -0.1) is 6.58 Å². The number of carbonyl (C=O) groups is 1. The summed E-state index contributed by atoms with van der Waals surface area (Å²) in [6.45, 7) is 4.11. The number of benzene rings is 4. The van der Waals surface area contributed by atoms with E-state index in [1.807, 2.05) is 48.5 Å². The molecule has 0 bridgehead atoms. The summed E-state index contributed by atoms with van der Waals surface area (Å²) in [5, 5.41) is 3.80. The second-order valence-electron chi connectivity index (χ2n) is 7.62. The summed E-state index contributed by atoms with van der Waals surface area (Å²) in [5.41, 5.74) is 1.51. The fourth-order valence-electron chi connectivity index (χ4n) is 4.24. The Labute approximate surface area is 191 Å². The third kappa shape index (κ3) is 4.25. The summed E-state index contributed by atoms with van der Waals surface area (Å²) < 4.78 is 0. The van der Waals surface area contributed by atoms with Crippen LogP contribution < -0.4 is 15.6 Å². The van der Waals surface area contributed by atoms with Crippen molar-refractivity contribution in [2.45, 2.75) is 6.04 Å². The van der Waals surface area contributed by atoms with E-state index in [2.05, 4.69) is 79.1 Å². The number of ketones is 1. The van der Waals surface area contributed by atoms with E-state index in [-0.39, 0.29) is 5.78 Å². The molecular weight excluding hydrogens is 404 g/mol. The molecule has 1 nitrogen and oxygen atoms in total. The largest absolute Gasteiger partial charge is 0.279 e. The first-order valence-corrected chi connectivity index (χ1v) is 12.9. The Hall–Kier alpha value is -3.93. The third-order valence-electron chi connectivity index (χ3n) is 5.72. The Morgan fingerprint density at radius 1 is 0.719 bits per heavy atom. The maximum absolute atomic E-state index is 12.7. The minimum Gasteiger partial charge on any atom is -0.279 e. The molecule has 0 heterocycles. The molecule has 4 aromatic rings. The summed E-state index contributed by atoms with van der Waals surface area (Å²) in [6, 6.07) is 39.6. The summed E-state index contributed by atoms with van der Waals surface area (Å²) in [4.78, 5) is 12.7. The van der Waals surface area contributed by atoms with Gasteiger partial charge in [0.1, 0.15) is 0 Å². The van der Waals surface area contributed by atoms with E-state index >= 15 is 0 Å². The molecule has 32 heavy (non-hydrogen) atoms. The Morgan fingerprint density at radius 3 is 1.78 bits per heavy atom. The van der Waals surface area contributed by atoms with E-state index in [1.54, 1.807) is 12.1 Å². The predicted octanol–water partition coefficient (Wildman–Crippen LogP) is 4.58. The van der Waals surface area contributed by atoms with E-state index in [4.69, 9.17) is 0 Å². The molecule has 0 aliphatic carbocycles. The Morgan fingerprint density at radius 2 is 1.22 bits per heavy atom. The lowest BCUT2D eigenvalue weighted by molar-refractivity contribution is 0.105. The van der Waals surface area contributed by atoms with Crippen molar-refractivity contribution in [1.82, 2.24) is 0 Å². The van der Waals surface area contributed by atoms with Crippen molar-refractivity contribution in [3.05, 3.63) is 139 Å². The number of allylic oxidation sites excluding steroid dienone is 1. The molecule has 0 aliphatic heterocycles. The van der Waals surface area contributed by atoms with Crippen LogP contribution in [-0.4, -0.2) is 13.9 Å². The summed E-state index contributed by atoms with van der Waals surface area (Å²) in [7, 11) is -2.45. The number of hydrogen-bond acceptors (Lipinski definition) is 1. The van der Waals surface area contributed by atoms with Gasteiger partial charge in [0.2, 0.25) is 5.78 Å². The summed E-state index contributed by atoms with van der Waals surface area (Å²) in [6.07, 6.45) is 2.02. The molecule has 0 aliphatic rings. The zero-order chi connectivity index (χ0) is 22.2. The molecule has 0 aromatic heterocycles. The molecule has 0 fully saturated rings. The van der Waals surface area contributed by atoms with E-state index in [0.717, 1.165) is 11.6 Å². The molecule has 154 valence electrons. The second-order valence-corrected chi connectivity index (χ2v) is 11.5. The van der Waals surface area contributed by atoms with Crippen LogP contribution in [0.25, 0.3) is 0 Å². The van der Waals surface area contributed by atoms with Crippen molar-refractivity contribution in [3.8, 4) is 11.8 Å². The van der Waals surface area contributed by atoms with Gasteiger partial charge >= 0.3 is 0 Å². The highest BCUT2D eigenvalue weighted by molar-refractivity contribution is 7.12. The lowest BCUT2D eigenvalue weighted by Crippen LogP contribution is -2.67. The highest BCUT2D eigenvalue weighted by Crippen LogP contribution is 2.15. The monoisotopic (exact) mass is 428 g/mol. The van der Waals surface area contributed by atoms with Gasteiger partial charge in [-0.3, -0.25) is 4.79 Å². The first kappa shape index (κ1) is 21.3. The molecule has 0 N–H and O–H groups in total. The Balaban J connectivity index is 1.92. The minimum absolute atomic E-state index is 0.171. The normalized spacial score (nSPS) is 10.6. The second kappa shape index (κ2) is 9.92. The minimum atomic E-state index is -2.45. The molecule has 0 spiro atoms. The van der Waals surface area contributed by atoms with E-state index in [9.17, 15) is 4.79 Å². The van der Waals surface area contributed by atoms with Crippen molar-refractivity contribution < 1.29 is 4.79 Å². The average Bonchev–Trinajstić information content (AvgIpc) is 2.88. The van der Waals surface area contributed by atoms with Crippen molar-refractivity contribution >= 4 is 29.4 Å². The van der Waals surface area contributed by atoms with Gasteiger partial charge in [-0.05, 0) is 33.6 Å². The highest BCUT2D eigenvalue weighted by atomic mass is 28.3. The molecule has 0 radical (unpaired) electrons.